The molecule has 0 fully saturated rings. The summed E-state index contributed by atoms with van der Waals surface area (Å²) < 4.78 is 4.39. The van der Waals surface area contributed by atoms with E-state index in [2.05, 4.69) is 22.7 Å². The fraction of sp³-hybridized carbons (Fsp3) is 0.200. The first-order valence-electron chi connectivity index (χ1n) is 4.48. The van der Waals surface area contributed by atoms with Gasteiger partial charge in [0.05, 0.1) is 7.11 Å². The van der Waals surface area contributed by atoms with Crippen LogP contribution in [0.25, 0.3) is 0 Å². The van der Waals surface area contributed by atoms with Crippen molar-refractivity contribution in [1.29, 1.82) is 0 Å². The molecule has 0 aromatic heterocycles. The molecule has 0 atom stereocenters. The largest absolute Gasteiger partial charge is 0.468 e. The molecule has 1 aromatic carbocycles. The van der Waals surface area contributed by atoms with Gasteiger partial charge in [-0.15, -0.1) is 12.6 Å². The highest BCUT2D eigenvalue weighted by atomic mass is 32.1. The zero-order valence-corrected chi connectivity index (χ0v) is 9.58. The lowest BCUT2D eigenvalue weighted by atomic mass is 10.2. The van der Waals surface area contributed by atoms with Crippen LogP contribution >= 0.6 is 12.6 Å². The smallest absolute Gasteiger partial charge is 0.325 e. The monoisotopic (exact) mass is 240 g/mol. The van der Waals surface area contributed by atoms with E-state index >= 15 is 0 Å². The molecule has 0 unspecified atom stereocenters. The van der Waals surface area contributed by atoms with Crippen molar-refractivity contribution in [3.05, 3.63) is 23.8 Å². The maximum Gasteiger partial charge on any atom is 0.325 e. The summed E-state index contributed by atoms with van der Waals surface area (Å²) in [7, 11) is 1.25. The Bertz CT molecular complexity index is 421. The van der Waals surface area contributed by atoms with Crippen molar-refractivity contribution in [2.45, 2.75) is 4.90 Å². The second-order valence-electron chi connectivity index (χ2n) is 3.03. The summed E-state index contributed by atoms with van der Waals surface area (Å²) in [5, 5.41) is 2.41. The molecule has 0 heterocycles. The van der Waals surface area contributed by atoms with Gasteiger partial charge in [0.25, 0.3) is 5.91 Å². The first kappa shape index (κ1) is 12.4. The van der Waals surface area contributed by atoms with Gasteiger partial charge >= 0.3 is 5.97 Å². The molecule has 86 valence electrons. The number of hydrogen-bond donors (Lipinski definition) is 3. The molecular weight excluding hydrogens is 228 g/mol. The predicted molar refractivity (Wildman–Crippen MR) is 62.5 cm³/mol. The summed E-state index contributed by atoms with van der Waals surface area (Å²) in [5.74, 6) is -0.879. The average molecular weight is 240 g/mol. The molecule has 0 saturated heterocycles. The lowest BCUT2D eigenvalue weighted by Crippen LogP contribution is -2.30. The number of hydrogen-bond acceptors (Lipinski definition) is 5. The molecule has 0 radical (unpaired) electrons. The molecule has 0 saturated carbocycles. The Balaban J connectivity index is 2.66. The first-order chi connectivity index (χ1) is 7.54. The van der Waals surface area contributed by atoms with Crippen LogP contribution in [0.4, 0.5) is 5.69 Å². The van der Waals surface area contributed by atoms with Crippen LogP contribution < -0.4 is 11.1 Å². The van der Waals surface area contributed by atoms with Gasteiger partial charge in [-0.2, -0.15) is 0 Å². The van der Waals surface area contributed by atoms with Gasteiger partial charge in [0.15, 0.2) is 0 Å². The normalized spacial score (nSPS) is 9.62. The topological polar surface area (TPSA) is 81.4 Å². The van der Waals surface area contributed by atoms with Crippen molar-refractivity contribution in [3.63, 3.8) is 0 Å². The quantitative estimate of drug-likeness (QED) is 0.407. The van der Waals surface area contributed by atoms with E-state index in [1.807, 2.05) is 0 Å². The summed E-state index contributed by atoms with van der Waals surface area (Å²) in [4.78, 5) is 22.9. The number of methoxy groups -OCH3 is 1. The average Bonchev–Trinajstić information content (AvgIpc) is 2.29. The van der Waals surface area contributed by atoms with Gasteiger partial charge in [-0.05, 0) is 18.2 Å². The Hall–Kier alpha value is -1.69. The highest BCUT2D eigenvalue weighted by molar-refractivity contribution is 7.80. The number of amides is 1. The van der Waals surface area contributed by atoms with E-state index in [0.29, 0.717) is 16.1 Å². The van der Waals surface area contributed by atoms with Crippen molar-refractivity contribution in [2.75, 3.05) is 19.4 Å². The molecule has 1 aromatic rings. The van der Waals surface area contributed by atoms with Crippen LogP contribution in [0.15, 0.2) is 23.1 Å². The maximum absolute atomic E-state index is 11.5. The Morgan fingerprint density at radius 3 is 2.75 bits per heavy atom. The van der Waals surface area contributed by atoms with E-state index in [4.69, 9.17) is 5.73 Å². The van der Waals surface area contributed by atoms with E-state index < -0.39 is 5.97 Å². The van der Waals surface area contributed by atoms with Gasteiger partial charge in [-0.1, -0.05) is 0 Å². The molecule has 5 nitrogen and oxygen atoms in total. The second kappa shape index (κ2) is 5.41. The van der Waals surface area contributed by atoms with Gasteiger partial charge in [0, 0.05) is 16.1 Å². The van der Waals surface area contributed by atoms with Crippen molar-refractivity contribution >= 4 is 30.2 Å². The van der Waals surface area contributed by atoms with Crippen LogP contribution in [0.2, 0.25) is 0 Å². The minimum atomic E-state index is -0.505. The van der Waals surface area contributed by atoms with E-state index in [1.165, 1.54) is 13.2 Å². The lowest BCUT2D eigenvalue weighted by Gasteiger charge is -2.05. The summed E-state index contributed by atoms with van der Waals surface area (Å²) in [5.41, 5.74) is 6.44. The van der Waals surface area contributed by atoms with Crippen LogP contribution in [0.3, 0.4) is 0 Å². The van der Waals surface area contributed by atoms with Crippen LogP contribution in [0, 0.1) is 0 Å². The van der Waals surface area contributed by atoms with Gasteiger partial charge < -0.3 is 15.8 Å². The van der Waals surface area contributed by atoms with Crippen LogP contribution in [0.5, 0.6) is 0 Å². The fourth-order valence-electron chi connectivity index (χ4n) is 1.01. The number of ether oxygens (including phenoxy) is 1. The number of carbonyl (C=O) groups excluding carboxylic acids is 2. The summed E-state index contributed by atoms with van der Waals surface area (Å²) >= 11 is 4.09. The number of anilines is 1. The summed E-state index contributed by atoms with van der Waals surface area (Å²) in [6.45, 7) is -0.165. The van der Waals surface area contributed by atoms with Crippen molar-refractivity contribution in [3.8, 4) is 0 Å². The van der Waals surface area contributed by atoms with Crippen molar-refractivity contribution in [1.82, 2.24) is 5.32 Å². The highest BCUT2D eigenvalue weighted by Gasteiger charge is 2.08. The number of nitrogens with two attached hydrogens (primary N) is 1. The number of rotatable bonds is 3. The number of nitrogens with one attached hydrogen (secondary N) is 1. The summed E-state index contributed by atoms with van der Waals surface area (Å²) in [6, 6.07) is 4.67. The van der Waals surface area contributed by atoms with Crippen LogP contribution in [-0.4, -0.2) is 25.5 Å². The molecule has 3 N–H and O–H groups in total. The Labute approximate surface area is 98.4 Å². The molecule has 0 aliphatic rings. The van der Waals surface area contributed by atoms with Crippen molar-refractivity contribution in [2.24, 2.45) is 0 Å². The molecule has 0 spiro atoms. The lowest BCUT2D eigenvalue weighted by molar-refractivity contribution is -0.139. The molecule has 0 aliphatic heterocycles. The van der Waals surface area contributed by atoms with E-state index in [-0.39, 0.29) is 12.5 Å². The third kappa shape index (κ3) is 3.16. The molecule has 0 bridgehead atoms. The third-order valence-electron chi connectivity index (χ3n) is 1.91. The maximum atomic E-state index is 11.5. The Morgan fingerprint density at radius 2 is 2.19 bits per heavy atom. The standard InChI is InChI=1S/C10H12N2O3S/c1-15-9(13)5-12-10(14)6-2-3-7(11)8(16)4-6/h2-4,16H,5,11H2,1H3,(H,12,14). The molecular formula is C10H12N2O3S. The summed E-state index contributed by atoms with van der Waals surface area (Å²) in [6.07, 6.45) is 0. The number of esters is 1. The highest BCUT2D eigenvalue weighted by Crippen LogP contribution is 2.17. The third-order valence-corrected chi connectivity index (χ3v) is 2.30. The van der Waals surface area contributed by atoms with E-state index in [1.54, 1.807) is 12.1 Å². The number of thiol groups is 1. The SMILES string of the molecule is COC(=O)CNC(=O)c1ccc(N)c(S)c1. The second-order valence-corrected chi connectivity index (χ2v) is 3.51. The van der Waals surface area contributed by atoms with Gasteiger partial charge in [0.2, 0.25) is 0 Å². The fourth-order valence-corrected chi connectivity index (χ4v) is 1.23. The van der Waals surface area contributed by atoms with Crippen molar-refractivity contribution < 1.29 is 14.3 Å². The van der Waals surface area contributed by atoms with Crippen LogP contribution in [0.1, 0.15) is 10.4 Å². The van der Waals surface area contributed by atoms with Gasteiger partial charge in [-0.25, -0.2) is 0 Å². The number of nitrogen functional groups attached to an aromatic ring is 1. The molecule has 16 heavy (non-hydrogen) atoms. The zero-order valence-electron chi connectivity index (χ0n) is 8.69. The molecule has 6 heteroatoms. The van der Waals surface area contributed by atoms with Crippen LogP contribution in [-0.2, 0) is 9.53 Å². The Morgan fingerprint density at radius 1 is 1.50 bits per heavy atom. The number of benzene rings is 1. The molecule has 1 amide bonds. The first-order valence-corrected chi connectivity index (χ1v) is 4.93. The molecule has 1 rings (SSSR count). The minimum absolute atomic E-state index is 0.165. The number of carbonyl (C=O) groups is 2. The minimum Gasteiger partial charge on any atom is -0.468 e. The predicted octanol–water partition coefficient (Wildman–Crippen LogP) is 0.460. The molecule has 0 aliphatic carbocycles. The van der Waals surface area contributed by atoms with Gasteiger partial charge in [0.1, 0.15) is 6.54 Å². The van der Waals surface area contributed by atoms with E-state index in [9.17, 15) is 9.59 Å². The Kier molecular flexibility index (Phi) is 4.19. The zero-order chi connectivity index (χ0) is 12.1. The van der Waals surface area contributed by atoms with E-state index in [0.717, 1.165) is 0 Å². The van der Waals surface area contributed by atoms with Gasteiger partial charge in [-0.3, -0.25) is 9.59 Å².